The first kappa shape index (κ1) is 23.9. The topological polar surface area (TPSA) is 81.2 Å². The summed E-state index contributed by atoms with van der Waals surface area (Å²) in [5.74, 6) is -0.0754. The van der Waals surface area contributed by atoms with E-state index in [0.29, 0.717) is 28.9 Å². The largest absolute Gasteiger partial charge is 0.493 e. The maximum absolute atomic E-state index is 13.2. The molecule has 1 aromatic heterocycles. The molecule has 1 atom stereocenters. The maximum Gasteiger partial charge on any atom is 0.416 e. The van der Waals surface area contributed by atoms with E-state index in [1.54, 1.807) is 12.1 Å². The number of hydrogen-bond acceptors (Lipinski definition) is 5. The highest BCUT2D eigenvalue weighted by Gasteiger charge is 2.33. The van der Waals surface area contributed by atoms with Gasteiger partial charge in [-0.25, -0.2) is 23.1 Å². The van der Waals surface area contributed by atoms with Gasteiger partial charge in [0.1, 0.15) is 5.75 Å². The Morgan fingerprint density at radius 3 is 2.50 bits per heavy atom. The lowest BCUT2D eigenvalue weighted by molar-refractivity contribution is -0.137. The SMILES string of the molecule is O=S(=O)(Nc1ncccn1)c1ccc2c(c1)OCCC2c1ccc(C(F)(F)F)cc1CCCF. The van der Waals surface area contributed by atoms with E-state index in [2.05, 4.69) is 14.7 Å². The number of aryl methyl sites for hydroxylation is 1. The maximum atomic E-state index is 13.2. The average Bonchev–Trinajstić information content (AvgIpc) is 2.81. The standard InChI is InChI=1S/C23H21F4N3O3S/c24-9-1-3-15-13-16(23(25,26)27)4-6-18(15)19-8-12-33-21-14-17(5-7-20(19)21)34(31,32)30-22-28-10-2-11-29-22/h2,4-7,10-11,13-14,19H,1,3,8-9,12H2,(H,28,29,30). The zero-order valence-corrected chi connectivity index (χ0v) is 18.7. The Labute approximate surface area is 194 Å². The van der Waals surface area contributed by atoms with Crippen LogP contribution in [0.4, 0.5) is 23.5 Å². The number of nitrogens with one attached hydrogen (secondary N) is 1. The lowest BCUT2D eigenvalue weighted by atomic mass is 9.82. The van der Waals surface area contributed by atoms with Crippen molar-refractivity contribution < 1.29 is 30.7 Å². The van der Waals surface area contributed by atoms with Gasteiger partial charge in [-0.2, -0.15) is 13.2 Å². The number of aromatic nitrogens is 2. The number of hydrogen-bond donors (Lipinski definition) is 1. The van der Waals surface area contributed by atoms with Crippen LogP contribution in [0.25, 0.3) is 0 Å². The summed E-state index contributed by atoms with van der Waals surface area (Å²) in [6.07, 6.45) is -0.949. The van der Waals surface area contributed by atoms with Crippen molar-refractivity contribution in [1.29, 1.82) is 0 Å². The minimum atomic E-state index is -4.50. The number of fused-ring (bicyclic) bond motifs is 1. The number of anilines is 1. The fraction of sp³-hybridized carbons (Fsp3) is 0.304. The van der Waals surface area contributed by atoms with Gasteiger partial charge in [-0.1, -0.05) is 12.1 Å². The Hall–Kier alpha value is -3.21. The Balaban J connectivity index is 1.69. The molecule has 1 aliphatic heterocycles. The predicted octanol–water partition coefficient (Wildman–Crippen LogP) is 5.11. The van der Waals surface area contributed by atoms with Crippen molar-refractivity contribution in [2.75, 3.05) is 18.0 Å². The van der Waals surface area contributed by atoms with E-state index in [0.717, 1.165) is 12.1 Å². The molecule has 1 N–H and O–H groups in total. The highest BCUT2D eigenvalue weighted by atomic mass is 32.2. The van der Waals surface area contributed by atoms with Gasteiger partial charge in [0.05, 0.1) is 23.7 Å². The molecule has 4 rings (SSSR count). The van der Waals surface area contributed by atoms with Crippen LogP contribution in [0.15, 0.2) is 59.8 Å². The van der Waals surface area contributed by atoms with E-state index in [-0.39, 0.29) is 36.2 Å². The highest BCUT2D eigenvalue weighted by molar-refractivity contribution is 7.92. The van der Waals surface area contributed by atoms with Gasteiger partial charge in [0.15, 0.2) is 0 Å². The molecule has 1 aliphatic rings. The normalized spacial score (nSPS) is 15.9. The van der Waals surface area contributed by atoms with Gasteiger partial charge in [-0.3, -0.25) is 4.39 Å². The summed E-state index contributed by atoms with van der Waals surface area (Å²) >= 11 is 0. The van der Waals surface area contributed by atoms with Crippen LogP contribution in [-0.2, 0) is 22.6 Å². The number of ether oxygens (including phenoxy) is 1. The third kappa shape index (κ3) is 5.14. The molecule has 180 valence electrons. The van der Waals surface area contributed by atoms with Crippen molar-refractivity contribution in [3.05, 3.63) is 77.1 Å². The quantitative estimate of drug-likeness (QED) is 0.461. The Morgan fingerprint density at radius 2 is 1.79 bits per heavy atom. The summed E-state index contributed by atoms with van der Waals surface area (Å²) in [7, 11) is -3.99. The fourth-order valence-electron chi connectivity index (χ4n) is 3.99. The molecule has 3 aromatic rings. The molecule has 0 amide bonds. The van der Waals surface area contributed by atoms with Gasteiger partial charge in [0.25, 0.3) is 10.0 Å². The summed E-state index contributed by atoms with van der Waals surface area (Å²) in [5, 5.41) is 0. The third-order valence-electron chi connectivity index (χ3n) is 5.55. The molecule has 1 unspecified atom stereocenters. The smallest absolute Gasteiger partial charge is 0.416 e. The van der Waals surface area contributed by atoms with E-state index in [4.69, 9.17) is 4.74 Å². The molecule has 0 spiro atoms. The number of nitrogens with zero attached hydrogens (tertiary/aromatic N) is 2. The molecule has 34 heavy (non-hydrogen) atoms. The molecule has 6 nitrogen and oxygen atoms in total. The molecule has 0 aliphatic carbocycles. The Kier molecular flexibility index (Phi) is 6.74. The summed E-state index contributed by atoms with van der Waals surface area (Å²) in [6.45, 7) is -0.390. The fourth-order valence-corrected chi connectivity index (χ4v) is 4.96. The first-order chi connectivity index (χ1) is 16.2. The minimum absolute atomic E-state index is 0.0653. The Morgan fingerprint density at radius 1 is 1.06 bits per heavy atom. The second-order valence-corrected chi connectivity index (χ2v) is 9.45. The molecular weight excluding hydrogens is 474 g/mol. The zero-order chi connectivity index (χ0) is 24.3. The summed E-state index contributed by atoms with van der Waals surface area (Å²) in [6, 6.07) is 9.43. The lowest BCUT2D eigenvalue weighted by Gasteiger charge is -2.29. The Bertz CT molecular complexity index is 1270. The average molecular weight is 495 g/mol. The van der Waals surface area contributed by atoms with Gasteiger partial charge in [-0.15, -0.1) is 0 Å². The third-order valence-corrected chi connectivity index (χ3v) is 6.88. The lowest BCUT2D eigenvalue weighted by Crippen LogP contribution is -2.19. The number of sulfonamides is 1. The van der Waals surface area contributed by atoms with E-state index >= 15 is 0 Å². The second-order valence-electron chi connectivity index (χ2n) is 7.77. The first-order valence-electron chi connectivity index (χ1n) is 10.5. The number of halogens is 4. The first-order valence-corrected chi connectivity index (χ1v) is 12.0. The van der Waals surface area contributed by atoms with E-state index in [9.17, 15) is 26.0 Å². The predicted molar refractivity (Wildman–Crippen MR) is 117 cm³/mol. The van der Waals surface area contributed by atoms with E-state index in [1.165, 1.54) is 30.6 Å². The van der Waals surface area contributed by atoms with E-state index in [1.807, 2.05) is 0 Å². The van der Waals surface area contributed by atoms with Crippen LogP contribution in [-0.4, -0.2) is 31.7 Å². The van der Waals surface area contributed by atoms with Gasteiger partial charge in [0.2, 0.25) is 5.95 Å². The number of rotatable bonds is 7. The summed E-state index contributed by atoms with van der Waals surface area (Å²) in [4.78, 5) is 7.63. The molecular formula is C23H21F4N3O3S. The van der Waals surface area contributed by atoms with Crippen molar-refractivity contribution >= 4 is 16.0 Å². The molecule has 2 aromatic carbocycles. The van der Waals surface area contributed by atoms with Crippen molar-refractivity contribution in [3.8, 4) is 5.75 Å². The van der Waals surface area contributed by atoms with Gasteiger partial charge in [-0.05, 0) is 54.7 Å². The molecule has 0 radical (unpaired) electrons. The minimum Gasteiger partial charge on any atom is -0.493 e. The van der Waals surface area contributed by atoms with Gasteiger partial charge in [0, 0.05) is 29.9 Å². The van der Waals surface area contributed by atoms with Crippen molar-refractivity contribution in [3.63, 3.8) is 0 Å². The van der Waals surface area contributed by atoms with Crippen LogP contribution in [0.5, 0.6) is 5.75 Å². The molecule has 2 heterocycles. The van der Waals surface area contributed by atoms with Crippen molar-refractivity contribution in [1.82, 2.24) is 9.97 Å². The summed E-state index contributed by atoms with van der Waals surface area (Å²) < 4.78 is 86.1. The van der Waals surface area contributed by atoms with Crippen LogP contribution >= 0.6 is 0 Å². The molecule has 0 bridgehead atoms. The van der Waals surface area contributed by atoms with Crippen LogP contribution in [0.3, 0.4) is 0 Å². The number of benzene rings is 2. The van der Waals surface area contributed by atoms with Gasteiger partial charge < -0.3 is 4.74 Å². The van der Waals surface area contributed by atoms with E-state index < -0.39 is 28.4 Å². The molecule has 0 saturated heterocycles. The van der Waals surface area contributed by atoms with Gasteiger partial charge >= 0.3 is 6.18 Å². The van der Waals surface area contributed by atoms with Crippen LogP contribution in [0.2, 0.25) is 0 Å². The van der Waals surface area contributed by atoms with Crippen LogP contribution in [0, 0.1) is 0 Å². The zero-order valence-electron chi connectivity index (χ0n) is 17.8. The van der Waals surface area contributed by atoms with Crippen LogP contribution < -0.4 is 9.46 Å². The second kappa shape index (κ2) is 9.57. The molecule has 0 fully saturated rings. The monoisotopic (exact) mass is 495 g/mol. The number of alkyl halides is 4. The summed E-state index contributed by atoms with van der Waals surface area (Å²) in [5.41, 5.74) is 0.942. The van der Waals surface area contributed by atoms with Crippen LogP contribution in [0.1, 0.15) is 41.0 Å². The van der Waals surface area contributed by atoms with Crippen molar-refractivity contribution in [2.45, 2.75) is 36.3 Å². The highest BCUT2D eigenvalue weighted by Crippen LogP contribution is 2.42. The molecule has 11 heteroatoms. The molecule has 0 saturated carbocycles. The van der Waals surface area contributed by atoms with Crippen molar-refractivity contribution in [2.24, 2.45) is 0 Å².